The molecule has 1 aliphatic rings. The van der Waals surface area contributed by atoms with Crippen molar-refractivity contribution in [2.45, 2.75) is 25.7 Å². The summed E-state index contributed by atoms with van der Waals surface area (Å²) in [4.78, 5) is 2.56. The first-order valence-electron chi connectivity index (χ1n) is 6.55. The van der Waals surface area contributed by atoms with Gasteiger partial charge in [0, 0.05) is 6.54 Å². The summed E-state index contributed by atoms with van der Waals surface area (Å²) in [7, 11) is 0. The highest BCUT2D eigenvalue weighted by Crippen LogP contribution is 2.06. The Labute approximate surface area is 99.8 Å². The zero-order chi connectivity index (χ0) is 11.5. The molecule has 0 amide bonds. The average Bonchev–Trinajstić information content (AvgIpc) is 2.80. The van der Waals surface area contributed by atoms with Crippen molar-refractivity contribution in [3.05, 3.63) is 12.7 Å². The van der Waals surface area contributed by atoms with E-state index in [9.17, 15) is 0 Å². The van der Waals surface area contributed by atoms with Crippen LogP contribution < -0.4 is 5.32 Å². The molecular weight excluding hydrogens is 200 g/mol. The van der Waals surface area contributed by atoms with E-state index in [0.29, 0.717) is 0 Å². The molecule has 94 valence electrons. The lowest BCUT2D eigenvalue weighted by Gasteiger charge is -2.14. The minimum absolute atomic E-state index is 0.805. The van der Waals surface area contributed by atoms with Crippen LogP contribution in [0.4, 0.5) is 0 Å². The summed E-state index contributed by atoms with van der Waals surface area (Å²) in [5.74, 6) is 0. The van der Waals surface area contributed by atoms with Crippen LogP contribution >= 0.6 is 0 Å². The van der Waals surface area contributed by atoms with Gasteiger partial charge < -0.3 is 15.0 Å². The van der Waals surface area contributed by atoms with E-state index in [-0.39, 0.29) is 0 Å². The molecule has 1 N–H and O–H groups in total. The van der Waals surface area contributed by atoms with Gasteiger partial charge in [0.2, 0.25) is 0 Å². The Morgan fingerprint density at radius 3 is 2.75 bits per heavy atom. The van der Waals surface area contributed by atoms with Crippen LogP contribution in [0, 0.1) is 0 Å². The molecule has 0 unspecified atom stereocenters. The molecule has 0 aromatic rings. The lowest BCUT2D eigenvalue weighted by molar-refractivity contribution is 0.140. The van der Waals surface area contributed by atoms with E-state index in [1.54, 1.807) is 0 Å². The summed E-state index contributed by atoms with van der Waals surface area (Å²) in [5.41, 5.74) is 0. The van der Waals surface area contributed by atoms with Crippen molar-refractivity contribution in [1.82, 2.24) is 10.2 Å². The summed E-state index contributed by atoms with van der Waals surface area (Å²) in [5, 5.41) is 3.41. The van der Waals surface area contributed by atoms with Crippen molar-refractivity contribution >= 4 is 0 Å². The third kappa shape index (κ3) is 6.99. The summed E-state index contributed by atoms with van der Waals surface area (Å²) in [6.45, 7) is 11.2. The van der Waals surface area contributed by atoms with Crippen LogP contribution in [-0.2, 0) is 4.74 Å². The van der Waals surface area contributed by atoms with Gasteiger partial charge in [-0.1, -0.05) is 6.08 Å². The Hall–Kier alpha value is -0.380. The van der Waals surface area contributed by atoms with Gasteiger partial charge in [0.15, 0.2) is 0 Å². The Kier molecular flexibility index (Phi) is 8.40. The molecule has 1 fully saturated rings. The van der Waals surface area contributed by atoms with Crippen LogP contribution in [-0.4, -0.2) is 50.8 Å². The number of hydrogen-bond acceptors (Lipinski definition) is 3. The second-order valence-corrected chi connectivity index (χ2v) is 4.34. The largest absolute Gasteiger partial charge is 0.380 e. The van der Waals surface area contributed by atoms with Gasteiger partial charge in [-0.05, 0) is 51.9 Å². The van der Waals surface area contributed by atoms with E-state index in [0.717, 1.165) is 32.7 Å². The molecule has 1 heterocycles. The number of nitrogens with one attached hydrogen (secondary N) is 1. The molecule has 0 radical (unpaired) electrons. The second-order valence-electron chi connectivity index (χ2n) is 4.34. The van der Waals surface area contributed by atoms with Crippen LogP contribution in [0.3, 0.4) is 0 Å². The van der Waals surface area contributed by atoms with E-state index in [4.69, 9.17) is 4.74 Å². The molecule has 16 heavy (non-hydrogen) atoms. The van der Waals surface area contributed by atoms with E-state index >= 15 is 0 Å². The lowest BCUT2D eigenvalue weighted by Crippen LogP contribution is -2.26. The first kappa shape index (κ1) is 13.7. The van der Waals surface area contributed by atoms with Crippen molar-refractivity contribution < 1.29 is 4.74 Å². The number of likely N-dealkylation sites (tertiary alicyclic amines) is 1. The van der Waals surface area contributed by atoms with Crippen molar-refractivity contribution in [3.63, 3.8) is 0 Å². The quantitative estimate of drug-likeness (QED) is 0.453. The van der Waals surface area contributed by atoms with E-state index < -0.39 is 0 Å². The van der Waals surface area contributed by atoms with Crippen molar-refractivity contribution in [2.24, 2.45) is 0 Å². The SMILES string of the molecule is C=CCCOCCNCCCN1CCCC1. The molecule has 0 atom stereocenters. The number of hydrogen-bond donors (Lipinski definition) is 1. The van der Waals surface area contributed by atoms with E-state index in [1.165, 1.54) is 38.9 Å². The topological polar surface area (TPSA) is 24.5 Å². The molecule has 0 bridgehead atoms. The molecular formula is C13H26N2O. The average molecular weight is 226 g/mol. The van der Waals surface area contributed by atoms with Crippen LogP contribution in [0.2, 0.25) is 0 Å². The van der Waals surface area contributed by atoms with Gasteiger partial charge in [-0.25, -0.2) is 0 Å². The molecule has 0 spiro atoms. The standard InChI is InChI=1S/C13H26N2O/c1-2-3-12-16-13-8-14-7-6-11-15-9-4-5-10-15/h2,14H,1,3-13H2. The van der Waals surface area contributed by atoms with Gasteiger partial charge in [-0.2, -0.15) is 0 Å². The summed E-state index contributed by atoms with van der Waals surface area (Å²) in [6, 6.07) is 0. The van der Waals surface area contributed by atoms with Crippen LogP contribution in [0.1, 0.15) is 25.7 Å². The molecule has 0 aliphatic carbocycles. The fraction of sp³-hybridized carbons (Fsp3) is 0.846. The predicted molar refractivity (Wildman–Crippen MR) is 68.8 cm³/mol. The second kappa shape index (κ2) is 9.82. The maximum Gasteiger partial charge on any atom is 0.0591 e. The van der Waals surface area contributed by atoms with E-state index in [2.05, 4.69) is 16.8 Å². The van der Waals surface area contributed by atoms with Crippen LogP contribution in [0.15, 0.2) is 12.7 Å². The maximum absolute atomic E-state index is 5.41. The summed E-state index contributed by atoms with van der Waals surface area (Å²) in [6.07, 6.45) is 6.89. The Morgan fingerprint density at radius 1 is 1.19 bits per heavy atom. The van der Waals surface area contributed by atoms with Crippen LogP contribution in [0.25, 0.3) is 0 Å². The highest BCUT2D eigenvalue weighted by atomic mass is 16.5. The zero-order valence-electron chi connectivity index (χ0n) is 10.4. The number of nitrogens with zero attached hydrogens (tertiary/aromatic N) is 1. The predicted octanol–water partition coefficient (Wildman–Crippen LogP) is 1.65. The fourth-order valence-electron chi connectivity index (χ4n) is 1.97. The highest BCUT2D eigenvalue weighted by Gasteiger charge is 2.09. The minimum atomic E-state index is 0.805. The molecule has 1 aliphatic heterocycles. The van der Waals surface area contributed by atoms with Gasteiger partial charge in [-0.15, -0.1) is 6.58 Å². The first-order chi connectivity index (χ1) is 7.93. The first-order valence-corrected chi connectivity index (χ1v) is 6.55. The molecule has 0 saturated carbocycles. The molecule has 3 nitrogen and oxygen atoms in total. The van der Waals surface area contributed by atoms with Crippen molar-refractivity contribution in [1.29, 1.82) is 0 Å². The molecule has 0 aromatic heterocycles. The third-order valence-corrected chi connectivity index (χ3v) is 2.92. The van der Waals surface area contributed by atoms with Gasteiger partial charge in [-0.3, -0.25) is 0 Å². The fourth-order valence-corrected chi connectivity index (χ4v) is 1.97. The number of ether oxygens (including phenoxy) is 1. The van der Waals surface area contributed by atoms with Gasteiger partial charge >= 0.3 is 0 Å². The Morgan fingerprint density at radius 2 is 2.00 bits per heavy atom. The maximum atomic E-state index is 5.41. The molecule has 3 heteroatoms. The van der Waals surface area contributed by atoms with Crippen molar-refractivity contribution in [3.8, 4) is 0 Å². The van der Waals surface area contributed by atoms with Crippen molar-refractivity contribution in [2.75, 3.05) is 45.9 Å². The van der Waals surface area contributed by atoms with Gasteiger partial charge in [0.05, 0.1) is 13.2 Å². The van der Waals surface area contributed by atoms with Gasteiger partial charge in [0.1, 0.15) is 0 Å². The monoisotopic (exact) mass is 226 g/mol. The smallest absolute Gasteiger partial charge is 0.0591 e. The normalized spacial score (nSPS) is 16.8. The molecule has 1 saturated heterocycles. The Balaban J connectivity index is 1.72. The lowest BCUT2D eigenvalue weighted by atomic mass is 10.4. The minimum Gasteiger partial charge on any atom is -0.380 e. The van der Waals surface area contributed by atoms with Gasteiger partial charge in [0.25, 0.3) is 0 Å². The molecule has 0 aromatic carbocycles. The highest BCUT2D eigenvalue weighted by molar-refractivity contribution is 4.66. The molecule has 1 rings (SSSR count). The summed E-state index contributed by atoms with van der Waals surface area (Å²) < 4.78 is 5.41. The zero-order valence-corrected chi connectivity index (χ0v) is 10.4. The third-order valence-electron chi connectivity index (χ3n) is 2.92. The summed E-state index contributed by atoms with van der Waals surface area (Å²) >= 11 is 0. The Bertz CT molecular complexity index is 167. The number of rotatable bonds is 10. The van der Waals surface area contributed by atoms with Crippen LogP contribution in [0.5, 0.6) is 0 Å². The van der Waals surface area contributed by atoms with E-state index in [1.807, 2.05) is 6.08 Å².